The van der Waals surface area contributed by atoms with E-state index in [1.54, 1.807) is 0 Å². The van der Waals surface area contributed by atoms with Gasteiger partial charge >= 0.3 is 0 Å². The Balaban J connectivity index is 1.56. The average molecular weight is 682 g/mol. The second kappa shape index (κ2) is 16.7. The molecule has 1 aliphatic heterocycles. The van der Waals surface area contributed by atoms with E-state index in [1.165, 1.54) is 23.5 Å². The molecule has 6 atom stereocenters. The van der Waals surface area contributed by atoms with E-state index in [0.29, 0.717) is 19.4 Å². The first-order valence-electron chi connectivity index (χ1n) is 18.1. The van der Waals surface area contributed by atoms with Crippen molar-refractivity contribution in [1.29, 1.82) is 0 Å². The van der Waals surface area contributed by atoms with Crippen LogP contribution in [-0.4, -0.2) is 86.9 Å². The molecule has 3 aliphatic rings. The van der Waals surface area contributed by atoms with Gasteiger partial charge in [0.2, 0.25) is 23.5 Å². The third-order valence-corrected chi connectivity index (χ3v) is 10.3. The number of rotatable bonds is 14. The molecule has 0 bridgehead atoms. The van der Waals surface area contributed by atoms with Gasteiger partial charge in [-0.05, 0) is 55.3 Å². The molecular weight excluding hydrogens is 626 g/mol. The van der Waals surface area contributed by atoms with Gasteiger partial charge in [0.05, 0.1) is 12.2 Å². The van der Waals surface area contributed by atoms with Crippen LogP contribution in [0.1, 0.15) is 116 Å². The molecule has 2 saturated carbocycles. The highest BCUT2D eigenvalue weighted by Gasteiger charge is 2.49. The number of Topliss-reactive ketones (excluding diaryl/α,β-unsaturated/α-hetero) is 1. The van der Waals surface area contributed by atoms with E-state index in [0.717, 1.165) is 51.4 Å². The number of nitrogens with one attached hydrogen (secondary N) is 4. The Hall–Kier alpha value is -3.90. The highest BCUT2D eigenvalue weighted by Crippen LogP contribution is 2.35. The molecule has 4 rings (SSSR count). The zero-order chi connectivity index (χ0) is 35.9. The fourth-order valence-electron chi connectivity index (χ4n) is 7.18. The standard InChI is InChI=1S/C36H55N7O6/c1-7-12-25(29(44)34(48)39-24-15-16-24)40-33(47)28-21(3)22(8-2)20-43(28)35(49)30(36(4,5)6)42-32(46)27(23-13-10-9-11-14-23)41-31(45)26-19-37-17-18-38-26/h17-19,21-25,27-28,30H,7-16,20H2,1-6H3,(H,39,48)(H,40,47)(H,41,45)(H,42,46)/t21-,22-,25-,27-,28-,30+/m0/s1. The van der Waals surface area contributed by atoms with Crippen molar-refractivity contribution < 1.29 is 28.8 Å². The van der Waals surface area contributed by atoms with Crippen molar-refractivity contribution in [2.75, 3.05) is 6.54 Å². The number of carbonyl (C=O) groups is 6. The summed E-state index contributed by atoms with van der Waals surface area (Å²) in [7, 11) is 0. The van der Waals surface area contributed by atoms with Crippen LogP contribution in [0.15, 0.2) is 18.6 Å². The van der Waals surface area contributed by atoms with E-state index in [-0.39, 0.29) is 29.5 Å². The van der Waals surface area contributed by atoms with Crippen LogP contribution in [0.25, 0.3) is 0 Å². The summed E-state index contributed by atoms with van der Waals surface area (Å²) in [5.41, 5.74) is -0.662. The lowest BCUT2D eigenvalue weighted by atomic mass is 9.82. The number of ketones is 1. The van der Waals surface area contributed by atoms with Crippen molar-refractivity contribution in [2.24, 2.45) is 23.2 Å². The number of likely N-dealkylation sites (tertiary alicyclic amines) is 1. The third kappa shape index (κ3) is 9.63. The van der Waals surface area contributed by atoms with E-state index in [2.05, 4.69) is 31.2 Å². The van der Waals surface area contributed by atoms with Crippen molar-refractivity contribution in [1.82, 2.24) is 36.1 Å². The topological polar surface area (TPSA) is 180 Å². The molecule has 1 aromatic rings. The lowest BCUT2D eigenvalue weighted by molar-refractivity contribution is -0.146. The van der Waals surface area contributed by atoms with Crippen LogP contribution in [0.5, 0.6) is 0 Å². The van der Waals surface area contributed by atoms with E-state index in [9.17, 15) is 28.8 Å². The van der Waals surface area contributed by atoms with Gasteiger partial charge in [0.25, 0.3) is 11.8 Å². The lowest BCUT2D eigenvalue weighted by Crippen LogP contribution is -2.62. The summed E-state index contributed by atoms with van der Waals surface area (Å²) in [6, 6.07) is -3.81. The van der Waals surface area contributed by atoms with Crippen molar-refractivity contribution >= 4 is 35.3 Å². The minimum Gasteiger partial charge on any atom is -0.347 e. The van der Waals surface area contributed by atoms with Crippen molar-refractivity contribution in [3.05, 3.63) is 24.3 Å². The maximum atomic E-state index is 14.6. The molecule has 13 nitrogen and oxygen atoms in total. The van der Waals surface area contributed by atoms with Crippen LogP contribution in [0.4, 0.5) is 0 Å². The van der Waals surface area contributed by atoms with Gasteiger partial charge in [-0.15, -0.1) is 0 Å². The van der Waals surface area contributed by atoms with Crippen LogP contribution >= 0.6 is 0 Å². The zero-order valence-corrected chi connectivity index (χ0v) is 29.9. The Labute approximate surface area is 289 Å². The molecule has 1 saturated heterocycles. The van der Waals surface area contributed by atoms with Gasteiger partial charge < -0.3 is 26.2 Å². The fraction of sp³-hybridized carbons (Fsp3) is 0.722. The molecule has 0 spiro atoms. The molecule has 0 radical (unpaired) electrons. The van der Waals surface area contributed by atoms with Gasteiger partial charge in [-0.3, -0.25) is 33.8 Å². The number of hydrogen-bond donors (Lipinski definition) is 4. The Morgan fingerprint density at radius 2 is 1.63 bits per heavy atom. The molecule has 0 aromatic carbocycles. The van der Waals surface area contributed by atoms with Crippen molar-refractivity contribution in [3.8, 4) is 0 Å². The summed E-state index contributed by atoms with van der Waals surface area (Å²) in [6.07, 6.45) is 11.9. The highest BCUT2D eigenvalue weighted by atomic mass is 16.2. The number of amides is 5. The van der Waals surface area contributed by atoms with Gasteiger partial charge in [0, 0.05) is 25.0 Å². The summed E-state index contributed by atoms with van der Waals surface area (Å²) in [5.74, 6) is -3.60. The zero-order valence-electron chi connectivity index (χ0n) is 29.9. The first kappa shape index (κ1) is 37.9. The Bertz CT molecular complexity index is 1360. The van der Waals surface area contributed by atoms with Gasteiger partial charge in [0.1, 0.15) is 23.8 Å². The first-order valence-corrected chi connectivity index (χ1v) is 18.1. The molecule has 49 heavy (non-hydrogen) atoms. The van der Waals surface area contributed by atoms with Gasteiger partial charge in [-0.1, -0.05) is 73.6 Å². The third-order valence-electron chi connectivity index (χ3n) is 10.3. The summed E-state index contributed by atoms with van der Waals surface area (Å²) in [6.45, 7) is 11.7. The predicted octanol–water partition coefficient (Wildman–Crippen LogP) is 2.69. The molecule has 5 amide bonds. The number of carbonyl (C=O) groups excluding carboxylic acids is 6. The largest absolute Gasteiger partial charge is 0.347 e. The molecule has 270 valence electrons. The highest BCUT2D eigenvalue weighted by molar-refractivity contribution is 6.38. The number of nitrogens with zero attached hydrogens (tertiary/aromatic N) is 3. The number of aromatic nitrogens is 2. The minimum absolute atomic E-state index is 0.00490. The van der Waals surface area contributed by atoms with E-state index in [4.69, 9.17) is 0 Å². The molecule has 2 heterocycles. The first-order chi connectivity index (χ1) is 23.3. The molecule has 4 N–H and O–H groups in total. The molecule has 2 aliphatic carbocycles. The second-order valence-corrected chi connectivity index (χ2v) is 15.2. The molecule has 0 unspecified atom stereocenters. The van der Waals surface area contributed by atoms with Gasteiger partial charge in [-0.2, -0.15) is 0 Å². The predicted molar refractivity (Wildman–Crippen MR) is 183 cm³/mol. The summed E-state index contributed by atoms with van der Waals surface area (Å²) in [5, 5.41) is 11.4. The van der Waals surface area contributed by atoms with Crippen molar-refractivity contribution in [3.63, 3.8) is 0 Å². The van der Waals surface area contributed by atoms with Crippen LogP contribution < -0.4 is 21.3 Å². The van der Waals surface area contributed by atoms with Gasteiger partial charge in [-0.25, -0.2) is 4.98 Å². The summed E-state index contributed by atoms with van der Waals surface area (Å²) >= 11 is 0. The molecule has 13 heteroatoms. The summed E-state index contributed by atoms with van der Waals surface area (Å²) < 4.78 is 0. The van der Waals surface area contributed by atoms with Crippen LogP contribution in [0.3, 0.4) is 0 Å². The van der Waals surface area contributed by atoms with Crippen LogP contribution in [0, 0.1) is 23.2 Å². The Morgan fingerprint density at radius 1 is 0.939 bits per heavy atom. The van der Waals surface area contributed by atoms with Crippen LogP contribution in [0.2, 0.25) is 0 Å². The van der Waals surface area contributed by atoms with E-state index < -0.39 is 64.9 Å². The van der Waals surface area contributed by atoms with Gasteiger partial charge in [0.15, 0.2) is 0 Å². The average Bonchev–Trinajstić information content (AvgIpc) is 3.83. The fourth-order valence-corrected chi connectivity index (χ4v) is 7.18. The van der Waals surface area contributed by atoms with Crippen molar-refractivity contribution in [2.45, 2.75) is 136 Å². The van der Waals surface area contributed by atoms with E-state index in [1.807, 2.05) is 41.5 Å². The Morgan fingerprint density at radius 3 is 2.20 bits per heavy atom. The molecular formula is C36H55N7O6. The van der Waals surface area contributed by atoms with E-state index >= 15 is 0 Å². The van der Waals surface area contributed by atoms with Crippen LogP contribution in [-0.2, 0) is 24.0 Å². The smallest absolute Gasteiger partial charge is 0.289 e. The Kier molecular flexibility index (Phi) is 12.9. The SMILES string of the molecule is CCC[C@H](NC(=O)[C@@H]1[C@@H](C)[C@@H](CC)CN1C(=O)[C@@H](NC(=O)[C@@H](NC(=O)c1cnccn1)C1CCCCC1)C(C)(C)C)C(=O)C(=O)NC1CC1. The molecule has 1 aromatic heterocycles. The lowest BCUT2D eigenvalue weighted by Gasteiger charge is -2.38. The number of hydrogen-bond acceptors (Lipinski definition) is 8. The minimum atomic E-state index is -1.02. The quantitative estimate of drug-likeness (QED) is 0.217. The summed E-state index contributed by atoms with van der Waals surface area (Å²) in [4.78, 5) is 91.2. The normalized spacial score (nSPS) is 23.1. The molecule has 3 fully saturated rings. The monoisotopic (exact) mass is 681 g/mol. The maximum Gasteiger partial charge on any atom is 0.289 e. The maximum absolute atomic E-state index is 14.6. The second-order valence-electron chi connectivity index (χ2n) is 15.2.